The van der Waals surface area contributed by atoms with Crippen molar-refractivity contribution in [1.82, 2.24) is 0 Å². The minimum atomic E-state index is -5.00. The first-order valence-electron chi connectivity index (χ1n) is 3.85. The maximum Gasteiger partial charge on any atom is 0.573 e. The third kappa shape index (κ3) is 3.28. The quantitative estimate of drug-likeness (QED) is 0.833. The topological polar surface area (TPSA) is 43.4 Å². The molecule has 0 unspecified atom stereocenters. The Morgan fingerprint density at radius 3 is 2.31 bits per heavy atom. The van der Waals surface area contributed by atoms with Gasteiger partial charge >= 0.3 is 6.36 Å². The lowest BCUT2D eigenvalue weighted by Gasteiger charge is -2.13. The molecule has 0 heterocycles. The van der Waals surface area contributed by atoms with Gasteiger partial charge in [-0.05, 0) is 12.1 Å². The van der Waals surface area contributed by atoms with Crippen LogP contribution in [0.2, 0.25) is 5.02 Å². The van der Waals surface area contributed by atoms with Crippen LogP contribution in [0.5, 0.6) is 5.75 Å². The molecule has 90 valence electrons. The zero-order valence-electron chi connectivity index (χ0n) is 7.88. The lowest BCUT2D eigenvalue weighted by Crippen LogP contribution is -2.19. The molecule has 0 aromatic heterocycles. The summed E-state index contributed by atoms with van der Waals surface area (Å²) in [5.41, 5.74) is 0. The Hall–Kier alpha value is -0.950. The predicted molar refractivity (Wildman–Crippen MR) is 51.2 cm³/mol. The van der Waals surface area contributed by atoms with E-state index in [4.69, 9.17) is 11.6 Å². The van der Waals surface area contributed by atoms with Crippen molar-refractivity contribution in [2.24, 2.45) is 0 Å². The van der Waals surface area contributed by atoms with Gasteiger partial charge in [-0.3, -0.25) is 0 Å². The van der Waals surface area contributed by atoms with Gasteiger partial charge in [0.2, 0.25) is 0 Å². The largest absolute Gasteiger partial charge is 0.573 e. The van der Waals surface area contributed by atoms with Gasteiger partial charge in [0.25, 0.3) is 0 Å². The molecule has 8 heteroatoms. The van der Waals surface area contributed by atoms with E-state index in [-0.39, 0.29) is 0 Å². The molecule has 0 amide bonds. The summed E-state index contributed by atoms with van der Waals surface area (Å²) in [5, 5.41) is -0.416. The van der Waals surface area contributed by atoms with Gasteiger partial charge in [0.05, 0.1) is 5.02 Å². The van der Waals surface area contributed by atoms with Gasteiger partial charge in [-0.15, -0.1) is 13.2 Å². The standard InChI is InChI=1S/C8H6ClF3O3S/c1-16(13,14)6-4-2-3-5(9)7(6)15-8(10,11)12/h2-4H,1H3. The Morgan fingerprint density at radius 1 is 1.31 bits per heavy atom. The highest BCUT2D eigenvalue weighted by molar-refractivity contribution is 7.90. The number of hydrogen-bond donors (Lipinski definition) is 0. The number of alkyl halides is 3. The van der Waals surface area contributed by atoms with E-state index in [0.29, 0.717) is 0 Å². The molecule has 0 saturated heterocycles. The van der Waals surface area contributed by atoms with Crippen LogP contribution in [0.15, 0.2) is 23.1 Å². The molecular formula is C8H6ClF3O3S. The average Bonchev–Trinajstić information content (AvgIpc) is 2.04. The van der Waals surface area contributed by atoms with E-state index in [2.05, 4.69) is 4.74 Å². The first-order valence-corrected chi connectivity index (χ1v) is 6.12. The van der Waals surface area contributed by atoms with Crippen molar-refractivity contribution < 1.29 is 26.3 Å². The molecule has 0 bridgehead atoms. The van der Waals surface area contributed by atoms with Crippen LogP contribution in [-0.2, 0) is 9.84 Å². The average molecular weight is 275 g/mol. The van der Waals surface area contributed by atoms with Crippen LogP contribution in [0.1, 0.15) is 0 Å². The summed E-state index contributed by atoms with van der Waals surface area (Å²) in [6, 6.07) is 3.32. The Labute approximate surface area is 94.7 Å². The van der Waals surface area contributed by atoms with E-state index >= 15 is 0 Å². The molecule has 16 heavy (non-hydrogen) atoms. The number of benzene rings is 1. The summed E-state index contributed by atoms with van der Waals surface area (Å²) >= 11 is 5.45. The summed E-state index contributed by atoms with van der Waals surface area (Å²) in [4.78, 5) is -0.600. The summed E-state index contributed by atoms with van der Waals surface area (Å²) in [6.07, 6.45) is -4.23. The summed E-state index contributed by atoms with van der Waals surface area (Å²) < 4.78 is 62.0. The third-order valence-corrected chi connectivity index (χ3v) is 2.97. The van der Waals surface area contributed by atoms with E-state index in [1.165, 1.54) is 6.07 Å². The van der Waals surface area contributed by atoms with E-state index in [1.54, 1.807) is 0 Å². The number of halogens is 4. The molecule has 0 aliphatic rings. The zero-order chi connectivity index (χ0) is 12.6. The summed E-state index contributed by atoms with van der Waals surface area (Å²) in [7, 11) is -3.84. The fraction of sp³-hybridized carbons (Fsp3) is 0.250. The first kappa shape index (κ1) is 13.1. The molecule has 3 nitrogen and oxygen atoms in total. The van der Waals surface area contributed by atoms with Gasteiger partial charge in [0.1, 0.15) is 4.90 Å². The van der Waals surface area contributed by atoms with Crippen LogP contribution in [0.4, 0.5) is 13.2 Å². The number of ether oxygens (including phenoxy) is 1. The van der Waals surface area contributed by atoms with Crippen LogP contribution in [0.25, 0.3) is 0 Å². The van der Waals surface area contributed by atoms with Crippen LogP contribution in [0.3, 0.4) is 0 Å². The Bertz CT molecular complexity index is 496. The van der Waals surface area contributed by atoms with E-state index in [0.717, 1.165) is 18.4 Å². The third-order valence-electron chi connectivity index (χ3n) is 1.55. The van der Waals surface area contributed by atoms with E-state index in [1.807, 2.05) is 0 Å². The number of hydrogen-bond acceptors (Lipinski definition) is 3. The summed E-state index contributed by atoms with van der Waals surface area (Å²) in [6.45, 7) is 0. The fourth-order valence-corrected chi connectivity index (χ4v) is 2.08. The second-order valence-corrected chi connectivity index (χ2v) is 5.28. The second-order valence-electron chi connectivity index (χ2n) is 2.89. The lowest BCUT2D eigenvalue weighted by molar-refractivity contribution is -0.275. The minimum absolute atomic E-state index is 0.416. The van der Waals surface area contributed by atoms with Crippen molar-refractivity contribution in [3.05, 3.63) is 23.2 Å². The molecule has 0 atom stereocenters. The van der Waals surface area contributed by atoms with Crippen molar-refractivity contribution in [2.45, 2.75) is 11.3 Å². The lowest BCUT2D eigenvalue weighted by atomic mass is 10.3. The van der Waals surface area contributed by atoms with Crippen LogP contribution >= 0.6 is 11.6 Å². The molecule has 0 saturated carbocycles. The van der Waals surface area contributed by atoms with Crippen LogP contribution in [-0.4, -0.2) is 21.0 Å². The highest BCUT2D eigenvalue weighted by atomic mass is 35.5. The molecule has 0 aliphatic heterocycles. The number of sulfone groups is 1. The number of para-hydroxylation sites is 1. The van der Waals surface area contributed by atoms with Gasteiger partial charge in [-0.1, -0.05) is 17.7 Å². The van der Waals surface area contributed by atoms with Crippen LogP contribution < -0.4 is 4.74 Å². The van der Waals surface area contributed by atoms with Gasteiger partial charge in [0, 0.05) is 6.26 Å². The molecule has 1 aromatic rings. The van der Waals surface area contributed by atoms with Gasteiger partial charge in [-0.2, -0.15) is 0 Å². The molecule has 1 aromatic carbocycles. The Kier molecular flexibility index (Phi) is 3.39. The SMILES string of the molecule is CS(=O)(=O)c1cccc(Cl)c1OC(F)(F)F. The Morgan fingerprint density at radius 2 is 1.88 bits per heavy atom. The van der Waals surface area contributed by atoms with Crippen molar-refractivity contribution in [3.8, 4) is 5.75 Å². The monoisotopic (exact) mass is 274 g/mol. The molecule has 0 spiro atoms. The minimum Gasteiger partial charge on any atom is -0.403 e. The highest BCUT2D eigenvalue weighted by Gasteiger charge is 2.34. The molecule has 0 fully saturated rings. The van der Waals surface area contributed by atoms with Gasteiger partial charge in [-0.25, -0.2) is 8.42 Å². The molecule has 0 aliphatic carbocycles. The van der Waals surface area contributed by atoms with Gasteiger partial charge in [0.15, 0.2) is 15.6 Å². The molecule has 1 rings (SSSR count). The Balaban J connectivity index is 3.36. The normalized spacial score (nSPS) is 12.6. The van der Waals surface area contributed by atoms with Crippen LogP contribution in [0, 0.1) is 0 Å². The fourth-order valence-electron chi connectivity index (χ4n) is 0.996. The van der Waals surface area contributed by atoms with Crippen molar-refractivity contribution in [3.63, 3.8) is 0 Å². The highest BCUT2D eigenvalue weighted by Crippen LogP contribution is 2.35. The van der Waals surface area contributed by atoms with Crippen molar-refractivity contribution >= 4 is 21.4 Å². The maximum absolute atomic E-state index is 12.0. The number of rotatable bonds is 2. The van der Waals surface area contributed by atoms with E-state index in [9.17, 15) is 21.6 Å². The maximum atomic E-state index is 12.0. The zero-order valence-corrected chi connectivity index (χ0v) is 9.45. The smallest absolute Gasteiger partial charge is 0.403 e. The summed E-state index contributed by atoms with van der Waals surface area (Å²) in [5.74, 6) is -0.904. The molecular weight excluding hydrogens is 269 g/mol. The predicted octanol–water partition coefficient (Wildman–Crippen LogP) is 2.64. The van der Waals surface area contributed by atoms with Crippen molar-refractivity contribution in [1.29, 1.82) is 0 Å². The van der Waals surface area contributed by atoms with Crippen molar-refractivity contribution in [2.75, 3.05) is 6.26 Å². The van der Waals surface area contributed by atoms with E-state index < -0.39 is 31.9 Å². The second kappa shape index (κ2) is 4.14. The molecule has 0 N–H and O–H groups in total. The molecule has 0 radical (unpaired) electrons. The first-order chi connectivity index (χ1) is 7.11. The van der Waals surface area contributed by atoms with Gasteiger partial charge < -0.3 is 4.74 Å².